The molecule has 0 radical (unpaired) electrons. The summed E-state index contributed by atoms with van der Waals surface area (Å²) in [6.07, 6.45) is 0. The summed E-state index contributed by atoms with van der Waals surface area (Å²) in [4.78, 5) is 1.75. The number of hydrogen-bond donors (Lipinski definition) is 2. The Labute approximate surface area is 101 Å². The van der Waals surface area contributed by atoms with E-state index >= 15 is 0 Å². The molecule has 0 atom stereocenters. The van der Waals surface area contributed by atoms with E-state index in [1.54, 1.807) is 24.1 Å². The molecule has 17 heavy (non-hydrogen) atoms. The first-order valence-electron chi connectivity index (χ1n) is 5.56. The van der Waals surface area contributed by atoms with Crippen molar-refractivity contribution in [2.24, 2.45) is 5.73 Å². The molecular weight excluding hydrogens is 223 g/mol. The van der Waals surface area contributed by atoms with Gasteiger partial charge >= 0.3 is 0 Å². The lowest BCUT2D eigenvalue weighted by molar-refractivity contribution is 0.202. The SMILES string of the molecule is COCCN(CCO)c1c(F)cccc1CN. The van der Waals surface area contributed by atoms with Crippen LogP contribution < -0.4 is 10.6 Å². The summed E-state index contributed by atoms with van der Waals surface area (Å²) in [5.41, 5.74) is 6.79. The fourth-order valence-electron chi connectivity index (χ4n) is 1.74. The van der Waals surface area contributed by atoms with Crippen molar-refractivity contribution < 1.29 is 14.2 Å². The summed E-state index contributed by atoms with van der Waals surface area (Å²) in [6.45, 7) is 1.57. The Morgan fingerprint density at radius 1 is 1.41 bits per heavy atom. The predicted molar refractivity (Wildman–Crippen MR) is 65.5 cm³/mol. The molecule has 0 heterocycles. The molecule has 0 bridgehead atoms. The monoisotopic (exact) mass is 242 g/mol. The van der Waals surface area contributed by atoms with Crippen molar-refractivity contribution in [3.8, 4) is 0 Å². The minimum Gasteiger partial charge on any atom is -0.395 e. The van der Waals surface area contributed by atoms with E-state index in [9.17, 15) is 4.39 Å². The molecule has 0 aliphatic heterocycles. The number of benzene rings is 1. The van der Waals surface area contributed by atoms with Gasteiger partial charge < -0.3 is 20.5 Å². The molecule has 0 spiro atoms. The van der Waals surface area contributed by atoms with Gasteiger partial charge in [-0.2, -0.15) is 0 Å². The summed E-state index contributed by atoms with van der Waals surface area (Å²) in [6, 6.07) is 4.82. The molecule has 0 aromatic heterocycles. The van der Waals surface area contributed by atoms with E-state index in [-0.39, 0.29) is 19.0 Å². The molecule has 0 saturated carbocycles. The van der Waals surface area contributed by atoms with Crippen LogP contribution in [0.2, 0.25) is 0 Å². The molecule has 96 valence electrons. The number of aliphatic hydroxyl groups is 1. The van der Waals surface area contributed by atoms with Gasteiger partial charge in [0.25, 0.3) is 0 Å². The molecule has 1 rings (SSSR count). The van der Waals surface area contributed by atoms with Gasteiger partial charge in [0.1, 0.15) is 5.82 Å². The van der Waals surface area contributed by atoms with Crippen LogP contribution in [-0.4, -0.2) is 38.5 Å². The van der Waals surface area contributed by atoms with Crippen molar-refractivity contribution in [2.75, 3.05) is 38.3 Å². The number of halogens is 1. The molecule has 1 aromatic rings. The van der Waals surface area contributed by atoms with Gasteiger partial charge in [-0.05, 0) is 11.6 Å². The van der Waals surface area contributed by atoms with Crippen molar-refractivity contribution in [3.05, 3.63) is 29.6 Å². The van der Waals surface area contributed by atoms with E-state index < -0.39 is 0 Å². The fourth-order valence-corrected chi connectivity index (χ4v) is 1.74. The normalized spacial score (nSPS) is 10.6. The third-order valence-electron chi connectivity index (χ3n) is 2.54. The second kappa shape index (κ2) is 7.21. The maximum absolute atomic E-state index is 13.8. The molecule has 0 aliphatic carbocycles. The molecular formula is C12H19FN2O2. The van der Waals surface area contributed by atoms with Crippen LogP contribution in [0.4, 0.5) is 10.1 Å². The summed E-state index contributed by atoms with van der Waals surface area (Å²) < 4.78 is 18.8. The summed E-state index contributed by atoms with van der Waals surface area (Å²) in [5, 5.41) is 9.02. The lowest BCUT2D eigenvalue weighted by Gasteiger charge is -2.26. The summed E-state index contributed by atoms with van der Waals surface area (Å²) in [5.74, 6) is -0.322. The first-order valence-corrected chi connectivity index (χ1v) is 5.56. The van der Waals surface area contributed by atoms with E-state index in [1.807, 2.05) is 0 Å². The van der Waals surface area contributed by atoms with Crippen LogP contribution in [0, 0.1) is 5.82 Å². The van der Waals surface area contributed by atoms with Crippen LogP contribution in [0.3, 0.4) is 0 Å². The fraction of sp³-hybridized carbons (Fsp3) is 0.500. The van der Waals surface area contributed by atoms with E-state index in [0.29, 0.717) is 25.4 Å². The Bertz CT molecular complexity index is 347. The Kier molecular flexibility index (Phi) is 5.90. The van der Waals surface area contributed by atoms with Crippen molar-refractivity contribution in [1.29, 1.82) is 0 Å². The predicted octanol–water partition coefficient (Wildman–Crippen LogP) is 0.730. The standard InChI is InChI=1S/C12H19FN2O2/c1-17-8-6-15(5-7-16)12-10(9-14)3-2-4-11(12)13/h2-4,16H,5-9,14H2,1H3. The number of aliphatic hydroxyl groups excluding tert-OH is 1. The lowest BCUT2D eigenvalue weighted by atomic mass is 10.1. The Hall–Kier alpha value is -1.17. The van der Waals surface area contributed by atoms with Crippen LogP contribution in [0.1, 0.15) is 5.56 Å². The maximum Gasteiger partial charge on any atom is 0.146 e. The first kappa shape index (κ1) is 13.9. The molecule has 3 N–H and O–H groups in total. The number of nitrogens with two attached hydrogens (primary N) is 1. The minimum atomic E-state index is -0.322. The quantitative estimate of drug-likeness (QED) is 0.740. The summed E-state index contributed by atoms with van der Waals surface area (Å²) in [7, 11) is 1.59. The van der Waals surface area contributed by atoms with Crippen LogP contribution in [0.5, 0.6) is 0 Å². The Morgan fingerprint density at radius 2 is 2.18 bits per heavy atom. The number of ether oxygens (including phenoxy) is 1. The number of nitrogens with zero attached hydrogens (tertiary/aromatic N) is 1. The van der Waals surface area contributed by atoms with E-state index in [2.05, 4.69) is 0 Å². The molecule has 1 aromatic carbocycles. The van der Waals surface area contributed by atoms with Crippen LogP contribution in [0.25, 0.3) is 0 Å². The highest BCUT2D eigenvalue weighted by molar-refractivity contribution is 5.55. The van der Waals surface area contributed by atoms with Crippen molar-refractivity contribution in [3.63, 3.8) is 0 Å². The van der Waals surface area contributed by atoms with Gasteiger partial charge in [0.05, 0.1) is 18.9 Å². The molecule has 5 heteroatoms. The number of para-hydroxylation sites is 1. The molecule has 0 fully saturated rings. The first-order chi connectivity index (χ1) is 8.24. The Balaban J connectivity index is 2.98. The third-order valence-corrected chi connectivity index (χ3v) is 2.54. The highest BCUT2D eigenvalue weighted by Crippen LogP contribution is 2.23. The number of rotatable bonds is 7. The van der Waals surface area contributed by atoms with Crippen LogP contribution in [0.15, 0.2) is 18.2 Å². The van der Waals surface area contributed by atoms with Gasteiger partial charge in [-0.15, -0.1) is 0 Å². The zero-order valence-corrected chi connectivity index (χ0v) is 10.0. The largest absolute Gasteiger partial charge is 0.395 e. The number of hydrogen-bond acceptors (Lipinski definition) is 4. The zero-order valence-electron chi connectivity index (χ0n) is 10.0. The second-order valence-corrected chi connectivity index (χ2v) is 3.66. The van der Waals surface area contributed by atoms with Gasteiger partial charge in [-0.25, -0.2) is 4.39 Å². The smallest absolute Gasteiger partial charge is 0.146 e. The zero-order chi connectivity index (χ0) is 12.7. The topological polar surface area (TPSA) is 58.7 Å². The van der Waals surface area contributed by atoms with Gasteiger partial charge in [0.15, 0.2) is 0 Å². The van der Waals surface area contributed by atoms with Crippen LogP contribution in [-0.2, 0) is 11.3 Å². The number of anilines is 1. The highest BCUT2D eigenvalue weighted by atomic mass is 19.1. The minimum absolute atomic E-state index is 0.0396. The van der Waals surface area contributed by atoms with Crippen LogP contribution >= 0.6 is 0 Å². The average molecular weight is 242 g/mol. The van der Waals surface area contributed by atoms with E-state index in [0.717, 1.165) is 5.56 Å². The van der Waals surface area contributed by atoms with Crippen molar-refractivity contribution in [2.45, 2.75) is 6.54 Å². The molecule has 0 saturated heterocycles. The Morgan fingerprint density at radius 3 is 2.76 bits per heavy atom. The molecule has 0 aliphatic rings. The average Bonchev–Trinajstić information content (AvgIpc) is 2.34. The van der Waals surface area contributed by atoms with Gasteiger partial charge in [-0.1, -0.05) is 12.1 Å². The van der Waals surface area contributed by atoms with Gasteiger partial charge in [0, 0.05) is 26.7 Å². The number of methoxy groups -OCH3 is 1. The van der Waals surface area contributed by atoms with Crippen molar-refractivity contribution >= 4 is 5.69 Å². The highest BCUT2D eigenvalue weighted by Gasteiger charge is 2.14. The second-order valence-electron chi connectivity index (χ2n) is 3.66. The molecule has 0 amide bonds. The van der Waals surface area contributed by atoms with Gasteiger partial charge in [0.2, 0.25) is 0 Å². The van der Waals surface area contributed by atoms with E-state index in [4.69, 9.17) is 15.6 Å². The van der Waals surface area contributed by atoms with Gasteiger partial charge in [-0.3, -0.25) is 0 Å². The maximum atomic E-state index is 13.8. The molecule has 0 unspecified atom stereocenters. The molecule has 4 nitrogen and oxygen atoms in total. The van der Waals surface area contributed by atoms with Crippen molar-refractivity contribution in [1.82, 2.24) is 0 Å². The summed E-state index contributed by atoms with van der Waals surface area (Å²) >= 11 is 0. The third kappa shape index (κ3) is 3.66. The van der Waals surface area contributed by atoms with E-state index in [1.165, 1.54) is 6.07 Å². The lowest BCUT2D eigenvalue weighted by Crippen LogP contribution is -2.32.